The Kier molecular flexibility index (Phi) is 3.97. The third kappa shape index (κ3) is 3.29. The molecule has 1 aliphatic rings. The first kappa shape index (κ1) is 13.0. The van der Waals surface area contributed by atoms with Crippen LogP contribution in [0.1, 0.15) is 43.0 Å². The van der Waals surface area contributed by atoms with Crippen LogP contribution in [0, 0.1) is 5.92 Å². The van der Waals surface area contributed by atoms with E-state index in [0.717, 1.165) is 25.7 Å². The molecule has 4 nitrogen and oxygen atoms in total. The van der Waals surface area contributed by atoms with Crippen LogP contribution < -0.4 is 5.32 Å². The molecule has 0 saturated heterocycles. The summed E-state index contributed by atoms with van der Waals surface area (Å²) in [5.41, 5.74) is -0.146. The van der Waals surface area contributed by atoms with Gasteiger partial charge in [0.15, 0.2) is 0 Å². The molecule has 2 N–H and O–H groups in total. The maximum Gasteiger partial charge on any atom is 0.251 e. The monoisotopic (exact) mass is 248 g/mol. The summed E-state index contributed by atoms with van der Waals surface area (Å²) in [5.74, 6) is 0.533. The number of amides is 1. The van der Waals surface area contributed by atoms with E-state index >= 15 is 0 Å². The zero-order valence-corrected chi connectivity index (χ0v) is 10.7. The van der Waals surface area contributed by atoms with Crippen molar-refractivity contribution in [3.05, 3.63) is 30.1 Å². The molecule has 0 atom stereocenters. The summed E-state index contributed by atoms with van der Waals surface area (Å²) in [4.78, 5) is 15.7. The van der Waals surface area contributed by atoms with Crippen molar-refractivity contribution >= 4 is 5.91 Å². The fourth-order valence-electron chi connectivity index (χ4n) is 2.33. The smallest absolute Gasteiger partial charge is 0.251 e. The highest BCUT2D eigenvalue weighted by atomic mass is 16.3. The zero-order chi connectivity index (χ0) is 13.0. The second kappa shape index (κ2) is 5.48. The molecular weight excluding hydrogens is 228 g/mol. The first-order valence-corrected chi connectivity index (χ1v) is 6.50. The SMILES string of the molecule is CC1CCC(O)(CNC(=O)c2ccncc2)CC1. The van der Waals surface area contributed by atoms with Crippen molar-refractivity contribution in [3.8, 4) is 0 Å². The van der Waals surface area contributed by atoms with Gasteiger partial charge < -0.3 is 10.4 Å². The van der Waals surface area contributed by atoms with Gasteiger partial charge in [0.05, 0.1) is 5.60 Å². The van der Waals surface area contributed by atoms with E-state index in [1.54, 1.807) is 24.5 Å². The number of aliphatic hydroxyl groups is 1. The fraction of sp³-hybridized carbons (Fsp3) is 0.571. The number of carbonyl (C=O) groups excluding carboxylic acids is 1. The van der Waals surface area contributed by atoms with E-state index in [9.17, 15) is 9.90 Å². The summed E-state index contributed by atoms with van der Waals surface area (Å²) in [6.07, 6.45) is 6.77. The molecular formula is C14H20N2O2. The van der Waals surface area contributed by atoms with Crippen molar-refractivity contribution in [3.63, 3.8) is 0 Å². The highest BCUT2D eigenvalue weighted by Gasteiger charge is 2.32. The van der Waals surface area contributed by atoms with Gasteiger partial charge >= 0.3 is 0 Å². The van der Waals surface area contributed by atoms with Crippen LogP contribution >= 0.6 is 0 Å². The minimum atomic E-state index is -0.727. The van der Waals surface area contributed by atoms with Gasteiger partial charge in [-0.1, -0.05) is 6.92 Å². The fourth-order valence-corrected chi connectivity index (χ4v) is 2.33. The maximum atomic E-state index is 11.8. The lowest BCUT2D eigenvalue weighted by molar-refractivity contribution is -0.00539. The van der Waals surface area contributed by atoms with Gasteiger partial charge in [0, 0.05) is 24.5 Å². The minimum absolute atomic E-state index is 0.149. The lowest BCUT2D eigenvalue weighted by Crippen LogP contribution is -2.45. The standard InChI is InChI=1S/C14H20N2O2/c1-11-2-6-14(18,7-3-11)10-16-13(17)12-4-8-15-9-5-12/h4-5,8-9,11,18H,2-3,6-7,10H2,1H3,(H,16,17). The van der Waals surface area contributed by atoms with Crippen LogP contribution in [0.5, 0.6) is 0 Å². The van der Waals surface area contributed by atoms with Gasteiger partial charge in [0.2, 0.25) is 0 Å². The zero-order valence-electron chi connectivity index (χ0n) is 10.7. The second-order valence-corrected chi connectivity index (χ2v) is 5.33. The van der Waals surface area contributed by atoms with E-state index < -0.39 is 5.60 Å². The number of nitrogens with zero attached hydrogens (tertiary/aromatic N) is 1. The molecule has 1 aliphatic carbocycles. The van der Waals surface area contributed by atoms with Crippen molar-refractivity contribution < 1.29 is 9.90 Å². The Labute approximate surface area is 107 Å². The van der Waals surface area contributed by atoms with Gasteiger partial charge in [0.1, 0.15) is 0 Å². The Morgan fingerprint density at radius 2 is 2.06 bits per heavy atom. The highest BCUT2D eigenvalue weighted by molar-refractivity contribution is 5.93. The van der Waals surface area contributed by atoms with E-state index in [-0.39, 0.29) is 5.91 Å². The summed E-state index contributed by atoms with van der Waals surface area (Å²) in [7, 11) is 0. The van der Waals surface area contributed by atoms with Crippen LogP contribution in [-0.4, -0.2) is 28.1 Å². The normalized spacial score (nSPS) is 27.8. The molecule has 1 aromatic heterocycles. The Bertz CT molecular complexity index is 398. The Morgan fingerprint density at radius 1 is 1.44 bits per heavy atom. The van der Waals surface area contributed by atoms with Gasteiger partial charge in [-0.3, -0.25) is 9.78 Å². The van der Waals surface area contributed by atoms with Crippen molar-refractivity contribution in [1.29, 1.82) is 0 Å². The first-order chi connectivity index (χ1) is 8.59. The lowest BCUT2D eigenvalue weighted by atomic mass is 9.79. The van der Waals surface area contributed by atoms with Crippen LogP contribution in [0.15, 0.2) is 24.5 Å². The molecule has 0 spiro atoms. The van der Waals surface area contributed by atoms with Gasteiger partial charge in [-0.25, -0.2) is 0 Å². The van der Waals surface area contributed by atoms with Crippen molar-refractivity contribution in [2.45, 2.75) is 38.2 Å². The van der Waals surface area contributed by atoms with E-state index in [0.29, 0.717) is 18.0 Å². The van der Waals surface area contributed by atoms with Gasteiger partial charge in [0.25, 0.3) is 5.91 Å². The molecule has 0 aliphatic heterocycles. The minimum Gasteiger partial charge on any atom is -0.388 e. The van der Waals surface area contributed by atoms with E-state index in [1.165, 1.54) is 0 Å². The number of carbonyl (C=O) groups is 1. The topological polar surface area (TPSA) is 62.2 Å². The average Bonchev–Trinajstić information content (AvgIpc) is 2.41. The molecule has 1 amide bonds. The predicted octanol–water partition coefficient (Wildman–Crippen LogP) is 1.75. The van der Waals surface area contributed by atoms with Crippen LogP contribution in [-0.2, 0) is 0 Å². The van der Waals surface area contributed by atoms with E-state index in [4.69, 9.17) is 0 Å². The first-order valence-electron chi connectivity index (χ1n) is 6.50. The molecule has 18 heavy (non-hydrogen) atoms. The molecule has 0 radical (unpaired) electrons. The Hall–Kier alpha value is -1.42. The highest BCUT2D eigenvalue weighted by Crippen LogP contribution is 2.31. The Balaban J connectivity index is 1.86. The number of nitrogens with one attached hydrogen (secondary N) is 1. The number of pyridine rings is 1. The van der Waals surface area contributed by atoms with Crippen molar-refractivity contribution in [2.24, 2.45) is 5.92 Å². The molecule has 4 heteroatoms. The molecule has 1 fully saturated rings. The number of hydrogen-bond acceptors (Lipinski definition) is 3. The lowest BCUT2D eigenvalue weighted by Gasteiger charge is -2.34. The van der Waals surface area contributed by atoms with Gasteiger partial charge in [-0.2, -0.15) is 0 Å². The molecule has 0 unspecified atom stereocenters. The van der Waals surface area contributed by atoms with Crippen LogP contribution in [0.3, 0.4) is 0 Å². The number of hydrogen-bond donors (Lipinski definition) is 2. The maximum absolute atomic E-state index is 11.8. The summed E-state index contributed by atoms with van der Waals surface area (Å²) in [6, 6.07) is 3.34. The summed E-state index contributed by atoms with van der Waals surface area (Å²) in [6.45, 7) is 2.54. The third-order valence-corrected chi connectivity index (χ3v) is 3.73. The van der Waals surface area contributed by atoms with Crippen LogP contribution in [0.2, 0.25) is 0 Å². The third-order valence-electron chi connectivity index (χ3n) is 3.73. The number of rotatable bonds is 3. The Morgan fingerprint density at radius 3 is 2.67 bits per heavy atom. The van der Waals surface area contributed by atoms with E-state index in [2.05, 4.69) is 17.2 Å². The molecule has 1 saturated carbocycles. The quantitative estimate of drug-likeness (QED) is 0.856. The predicted molar refractivity (Wildman–Crippen MR) is 69.2 cm³/mol. The number of aromatic nitrogens is 1. The van der Waals surface area contributed by atoms with Crippen LogP contribution in [0.25, 0.3) is 0 Å². The molecule has 1 heterocycles. The molecule has 98 valence electrons. The van der Waals surface area contributed by atoms with E-state index in [1.807, 2.05) is 0 Å². The summed E-state index contributed by atoms with van der Waals surface area (Å²) >= 11 is 0. The van der Waals surface area contributed by atoms with Crippen molar-refractivity contribution in [1.82, 2.24) is 10.3 Å². The van der Waals surface area contributed by atoms with Crippen LogP contribution in [0.4, 0.5) is 0 Å². The second-order valence-electron chi connectivity index (χ2n) is 5.33. The summed E-state index contributed by atoms with van der Waals surface area (Å²) < 4.78 is 0. The average molecular weight is 248 g/mol. The molecule has 1 aromatic rings. The van der Waals surface area contributed by atoms with Crippen molar-refractivity contribution in [2.75, 3.05) is 6.54 Å². The molecule has 0 bridgehead atoms. The van der Waals surface area contributed by atoms with Gasteiger partial charge in [-0.05, 0) is 43.7 Å². The van der Waals surface area contributed by atoms with Gasteiger partial charge in [-0.15, -0.1) is 0 Å². The molecule has 0 aromatic carbocycles. The summed E-state index contributed by atoms with van der Waals surface area (Å²) in [5, 5.41) is 13.2. The molecule has 2 rings (SSSR count). The largest absolute Gasteiger partial charge is 0.388 e.